The summed E-state index contributed by atoms with van der Waals surface area (Å²) in [5.74, 6) is 0.240. The predicted octanol–water partition coefficient (Wildman–Crippen LogP) is 3.52. The van der Waals surface area contributed by atoms with E-state index in [1.165, 1.54) is 17.7 Å². The quantitative estimate of drug-likeness (QED) is 0.430. The Balaban J connectivity index is 1.33. The number of non-ortho nitro benzene ring substituents is 1. The van der Waals surface area contributed by atoms with E-state index >= 15 is 0 Å². The fraction of sp³-hybridized carbons (Fsp3) is 0.273. The molecule has 1 aliphatic rings. The lowest BCUT2D eigenvalue weighted by Crippen LogP contribution is -2.49. The number of benzene rings is 2. The van der Waals surface area contributed by atoms with Crippen molar-refractivity contribution in [3.8, 4) is 5.75 Å². The Morgan fingerprint density at radius 1 is 1.10 bits per heavy atom. The summed E-state index contributed by atoms with van der Waals surface area (Å²) in [5, 5.41) is 12.3. The molecule has 0 saturated carbocycles. The van der Waals surface area contributed by atoms with Crippen molar-refractivity contribution in [2.45, 2.75) is 6.54 Å². The van der Waals surface area contributed by atoms with Crippen LogP contribution in [0.15, 0.2) is 54.7 Å². The number of halogens is 1. The molecular formula is C22H21ClN4O4. The van der Waals surface area contributed by atoms with Gasteiger partial charge in [0.15, 0.2) is 6.61 Å². The van der Waals surface area contributed by atoms with Gasteiger partial charge in [-0.05, 0) is 35.9 Å². The van der Waals surface area contributed by atoms with E-state index in [9.17, 15) is 14.9 Å². The number of hydrogen-bond acceptors (Lipinski definition) is 6. The standard InChI is InChI=1S/C22H21ClN4O4/c23-17-5-3-16(4-6-17)14-25-10-12-26(13-11-25)21(28)15-31-20-8-7-19(27(29)30)18-2-1-9-24-22(18)20/h1-9H,10-15H2. The van der Waals surface area contributed by atoms with Gasteiger partial charge in [0.05, 0.1) is 10.3 Å². The van der Waals surface area contributed by atoms with Crippen LogP contribution in [-0.2, 0) is 11.3 Å². The molecule has 0 atom stereocenters. The summed E-state index contributed by atoms with van der Waals surface area (Å²) >= 11 is 5.93. The summed E-state index contributed by atoms with van der Waals surface area (Å²) in [6.07, 6.45) is 1.54. The molecule has 31 heavy (non-hydrogen) atoms. The molecule has 2 aromatic carbocycles. The summed E-state index contributed by atoms with van der Waals surface area (Å²) in [4.78, 5) is 31.7. The van der Waals surface area contributed by atoms with Gasteiger partial charge in [0, 0.05) is 50.0 Å². The minimum Gasteiger partial charge on any atom is -0.481 e. The highest BCUT2D eigenvalue weighted by Gasteiger charge is 2.22. The molecule has 0 radical (unpaired) electrons. The van der Waals surface area contributed by atoms with Gasteiger partial charge in [-0.3, -0.25) is 24.8 Å². The van der Waals surface area contributed by atoms with Crippen molar-refractivity contribution in [3.05, 3.63) is 75.4 Å². The molecule has 8 nitrogen and oxygen atoms in total. The number of amides is 1. The van der Waals surface area contributed by atoms with Crippen molar-refractivity contribution in [1.82, 2.24) is 14.8 Å². The van der Waals surface area contributed by atoms with Crippen LogP contribution < -0.4 is 4.74 Å². The van der Waals surface area contributed by atoms with Crippen LogP contribution in [0.2, 0.25) is 5.02 Å². The van der Waals surface area contributed by atoms with Gasteiger partial charge in [-0.15, -0.1) is 0 Å². The number of nitro groups is 1. The first-order chi connectivity index (χ1) is 15.0. The molecule has 3 aromatic rings. The zero-order valence-electron chi connectivity index (χ0n) is 16.7. The van der Waals surface area contributed by atoms with Crippen LogP contribution in [0.25, 0.3) is 10.9 Å². The van der Waals surface area contributed by atoms with Crippen molar-refractivity contribution in [1.29, 1.82) is 0 Å². The third-order valence-corrected chi connectivity index (χ3v) is 5.55. The highest BCUT2D eigenvalue weighted by molar-refractivity contribution is 6.30. The zero-order valence-corrected chi connectivity index (χ0v) is 17.5. The van der Waals surface area contributed by atoms with Gasteiger partial charge < -0.3 is 9.64 Å². The van der Waals surface area contributed by atoms with E-state index in [4.69, 9.17) is 16.3 Å². The largest absolute Gasteiger partial charge is 0.481 e. The number of ether oxygens (including phenoxy) is 1. The Labute approximate surface area is 184 Å². The molecule has 1 saturated heterocycles. The Morgan fingerprint density at radius 3 is 2.55 bits per heavy atom. The Morgan fingerprint density at radius 2 is 1.84 bits per heavy atom. The van der Waals surface area contributed by atoms with Gasteiger partial charge in [-0.2, -0.15) is 0 Å². The maximum Gasteiger partial charge on any atom is 0.279 e. The van der Waals surface area contributed by atoms with E-state index in [0.717, 1.165) is 24.7 Å². The van der Waals surface area contributed by atoms with Crippen LogP contribution >= 0.6 is 11.6 Å². The highest BCUT2D eigenvalue weighted by atomic mass is 35.5. The second-order valence-corrected chi connectivity index (χ2v) is 7.75. The number of piperazine rings is 1. The van der Waals surface area contributed by atoms with Crippen LogP contribution in [0.1, 0.15) is 5.56 Å². The highest BCUT2D eigenvalue weighted by Crippen LogP contribution is 2.31. The number of rotatable bonds is 6. The topological polar surface area (TPSA) is 88.8 Å². The van der Waals surface area contributed by atoms with Crippen LogP contribution in [-0.4, -0.2) is 58.4 Å². The van der Waals surface area contributed by atoms with E-state index in [1.54, 1.807) is 23.2 Å². The SMILES string of the molecule is O=C(COc1ccc([N+](=O)[O-])c2cccnc12)N1CCN(Cc2ccc(Cl)cc2)CC1. The van der Waals surface area contributed by atoms with Gasteiger partial charge in [0.25, 0.3) is 11.6 Å². The second kappa shape index (κ2) is 9.28. The van der Waals surface area contributed by atoms with Gasteiger partial charge in [-0.1, -0.05) is 23.7 Å². The van der Waals surface area contributed by atoms with Crippen LogP contribution in [0, 0.1) is 10.1 Å². The van der Waals surface area contributed by atoms with Crippen LogP contribution in [0.5, 0.6) is 5.75 Å². The summed E-state index contributed by atoms with van der Waals surface area (Å²) in [6.45, 7) is 3.47. The van der Waals surface area contributed by atoms with E-state index in [-0.39, 0.29) is 18.2 Å². The van der Waals surface area contributed by atoms with Crippen molar-refractivity contribution < 1.29 is 14.5 Å². The summed E-state index contributed by atoms with van der Waals surface area (Å²) in [6, 6.07) is 13.9. The lowest BCUT2D eigenvalue weighted by molar-refractivity contribution is -0.383. The zero-order chi connectivity index (χ0) is 21.8. The Bertz CT molecular complexity index is 1100. The fourth-order valence-electron chi connectivity index (χ4n) is 3.64. The first kappa shape index (κ1) is 21.0. The number of hydrogen-bond donors (Lipinski definition) is 0. The van der Waals surface area contributed by atoms with Gasteiger partial charge >= 0.3 is 0 Å². The average molecular weight is 441 g/mol. The van der Waals surface area contributed by atoms with E-state index in [1.807, 2.05) is 24.3 Å². The molecule has 2 heterocycles. The van der Waals surface area contributed by atoms with Crippen LogP contribution in [0.3, 0.4) is 0 Å². The molecular weight excluding hydrogens is 420 g/mol. The number of pyridine rings is 1. The first-order valence-electron chi connectivity index (χ1n) is 9.91. The van der Waals surface area contributed by atoms with Gasteiger partial charge in [0.1, 0.15) is 11.3 Å². The van der Waals surface area contributed by atoms with Crippen molar-refractivity contribution in [2.24, 2.45) is 0 Å². The predicted molar refractivity (Wildman–Crippen MR) is 117 cm³/mol. The molecule has 0 unspecified atom stereocenters. The first-order valence-corrected chi connectivity index (χ1v) is 10.3. The average Bonchev–Trinajstić information content (AvgIpc) is 2.79. The Hall–Kier alpha value is -3.23. The second-order valence-electron chi connectivity index (χ2n) is 7.31. The molecule has 1 amide bonds. The molecule has 1 aromatic heterocycles. The summed E-state index contributed by atoms with van der Waals surface area (Å²) < 4.78 is 5.70. The molecule has 4 rings (SSSR count). The van der Waals surface area contributed by atoms with E-state index in [0.29, 0.717) is 29.7 Å². The van der Waals surface area contributed by atoms with Crippen LogP contribution in [0.4, 0.5) is 5.69 Å². The van der Waals surface area contributed by atoms with Crippen molar-refractivity contribution in [3.63, 3.8) is 0 Å². The lowest BCUT2D eigenvalue weighted by atomic mass is 10.1. The molecule has 0 bridgehead atoms. The minimum absolute atomic E-state index is 0.0430. The van der Waals surface area contributed by atoms with E-state index in [2.05, 4.69) is 9.88 Å². The minimum atomic E-state index is -0.456. The number of carbonyl (C=O) groups is 1. The molecule has 0 aliphatic carbocycles. The molecule has 0 N–H and O–H groups in total. The molecule has 1 fully saturated rings. The fourth-order valence-corrected chi connectivity index (χ4v) is 3.77. The number of nitro benzene ring substituents is 1. The number of fused-ring (bicyclic) bond motifs is 1. The summed E-state index contributed by atoms with van der Waals surface area (Å²) in [7, 11) is 0. The monoisotopic (exact) mass is 440 g/mol. The molecule has 1 aliphatic heterocycles. The number of carbonyl (C=O) groups excluding carboxylic acids is 1. The third kappa shape index (κ3) is 4.92. The maximum absolute atomic E-state index is 12.6. The number of aromatic nitrogens is 1. The molecule has 160 valence electrons. The van der Waals surface area contributed by atoms with Crippen molar-refractivity contribution in [2.75, 3.05) is 32.8 Å². The maximum atomic E-state index is 12.6. The van der Waals surface area contributed by atoms with E-state index < -0.39 is 4.92 Å². The summed E-state index contributed by atoms with van der Waals surface area (Å²) in [5.41, 5.74) is 1.51. The Kier molecular flexibility index (Phi) is 6.29. The third-order valence-electron chi connectivity index (χ3n) is 5.30. The lowest BCUT2D eigenvalue weighted by Gasteiger charge is -2.34. The molecule has 9 heteroatoms. The number of nitrogens with zero attached hydrogens (tertiary/aromatic N) is 4. The smallest absolute Gasteiger partial charge is 0.279 e. The van der Waals surface area contributed by atoms with Crippen molar-refractivity contribution >= 4 is 34.1 Å². The van der Waals surface area contributed by atoms with Gasteiger partial charge in [-0.25, -0.2) is 0 Å². The van der Waals surface area contributed by atoms with Gasteiger partial charge in [0.2, 0.25) is 0 Å². The normalized spacial score (nSPS) is 14.5. The molecule has 0 spiro atoms.